The molecule has 26 heavy (non-hydrogen) atoms. The van der Waals surface area contributed by atoms with E-state index in [1.807, 2.05) is 0 Å². The zero-order valence-electron chi connectivity index (χ0n) is 13.7. The van der Waals surface area contributed by atoms with E-state index in [1.54, 1.807) is 0 Å². The lowest BCUT2D eigenvalue weighted by molar-refractivity contribution is -0.358. The van der Waals surface area contributed by atoms with Crippen molar-refractivity contribution in [2.24, 2.45) is 0 Å². The van der Waals surface area contributed by atoms with Crippen molar-refractivity contribution in [3.8, 4) is 12.3 Å². The topological polar surface area (TPSA) is 179 Å². The maximum absolute atomic E-state index is 10.3. The van der Waals surface area contributed by atoms with Gasteiger partial charge in [-0.25, -0.2) is 0 Å². The van der Waals surface area contributed by atoms with Crippen LogP contribution in [0, 0.1) is 12.3 Å². The third-order valence-electron chi connectivity index (χ3n) is 4.29. The van der Waals surface area contributed by atoms with Gasteiger partial charge in [-0.15, -0.1) is 6.42 Å². The molecule has 0 aromatic rings. The largest absolute Gasteiger partial charge is 0.394 e. The second kappa shape index (κ2) is 9.36. The predicted molar refractivity (Wildman–Crippen MR) is 81.2 cm³/mol. The van der Waals surface area contributed by atoms with Gasteiger partial charge in [-0.1, -0.05) is 5.92 Å². The van der Waals surface area contributed by atoms with Gasteiger partial charge in [0.15, 0.2) is 12.6 Å². The summed E-state index contributed by atoms with van der Waals surface area (Å²) < 4.78 is 20.9. The van der Waals surface area contributed by atoms with Crippen LogP contribution in [-0.2, 0) is 18.9 Å². The molecule has 0 aliphatic carbocycles. The van der Waals surface area contributed by atoms with Gasteiger partial charge in [-0.3, -0.25) is 0 Å². The molecule has 2 heterocycles. The maximum Gasteiger partial charge on any atom is 0.187 e. The van der Waals surface area contributed by atoms with Gasteiger partial charge >= 0.3 is 0 Å². The summed E-state index contributed by atoms with van der Waals surface area (Å²) in [5.74, 6) is 2.17. The first-order chi connectivity index (χ1) is 12.3. The van der Waals surface area contributed by atoms with Crippen LogP contribution in [0.4, 0.5) is 0 Å². The van der Waals surface area contributed by atoms with Gasteiger partial charge in [0.25, 0.3) is 0 Å². The predicted octanol–water partition coefficient (Wildman–Crippen LogP) is -4.74. The fourth-order valence-electron chi connectivity index (χ4n) is 2.82. The number of aliphatic hydroxyl groups is 7. The molecule has 11 nitrogen and oxygen atoms in total. The summed E-state index contributed by atoms with van der Waals surface area (Å²) in [7, 11) is 0. The van der Waals surface area contributed by atoms with Crippen molar-refractivity contribution in [1.82, 2.24) is 0 Å². The molecule has 0 bridgehead atoms. The highest BCUT2D eigenvalue weighted by atomic mass is 16.7. The molecule has 0 aromatic carbocycles. The molecule has 2 saturated heterocycles. The average molecular weight is 380 g/mol. The summed E-state index contributed by atoms with van der Waals surface area (Å²) in [6.07, 6.45) is -9.78. The van der Waals surface area contributed by atoms with Crippen LogP contribution in [0.15, 0.2) is 0 Å². The van der Waals surface area contributed by atoms with Crippen LogP contribution in [0.25, 0.3) is 0 Å². The Morgan fingerprint density at radius 3 is 1.92 bits per heavy atom. The van der Waals surface area contributed by atoms with Crippen molar-refractivity contribution in [3.05, 3.63) is 0 Å². The molecule has 2 aliphatic heterocycles. The van der Waals surface area contributed by atoms with Crippen molar-refractivity contribution in [1.29, 1.82) is 0 Å². The number of rotatable bonds is 6. The Morgan fingerprint density at radius 2 is 1.35 bits per heavy atom. The summed E-state index contributed by atoms with van der Waals surface area (Å²) in [6.45, 7) is -1.50. The molecule has 0 radical (unpaired) electrons. The SMILES string of the molecule is C#CCOC1OC(CO)C(OC2OC(CO)C(O)C(O)C2O)C(O)C1O. The van der Waals surface area contributed by atoms with Crippen LogP contribution in [0.1, 0.15) is 0 Å². The van der Waals surface area contributed by atoms with E-state index in [-0.39, 0.29) is 6.61 Å². The Bertz CT molecular complexity index is 479. The van der Waals surface area contributed by atoms with E-state index in [9.17, 15) is 35.7 Å². The number of terminal acetylenes is 1. The molecule has 7 N–H and O–H groups in total. The van der Waals surface area contributed by atoms with Gasteiger partial charge in [0.2, 0.25) is 0 Å². The first kappa shape index (κ1) is 21.4. The van der Waals surface area contributed by atoms with Crippen molar-refractivity contribution in [2.45, 2.75) is 61.4 Å². The molecule has 2 rings (SSSR count). The van der Waals surface area contributed by atoms with Gasteiger partial charge in [-0.05, 0) is 0 Å². The Morgan fingerprint density at radius 1 is 0.769 bits per heavy atom. The van der Waals surface area contributed by atoms with Crippen LogP contribution in [0.5, 0.6) is 0 Å². The minimum Gasteiger partial charge on any atom is -0.394 e. The van der Waals surface area contributed by atoms with Crippen LogP contribution in [-0.4, -0.2) is 117 Å². The molecular weight excluding hydrogens is 356 g/mol. The summed E-state index contributed by atoms with van der Waals surface area (Å²) in [6, 6.07) is 0. The number of hydrogen-bond donors (Lipinski definition) is 7. The highest BCUT2D eigenvalue weighted by Crippen LogP contribution is 2.29. The van der Waals surface area contributed by atoms with Crippen molar-refractivity contribution in [2.75, 3.05) is 19.8 Å². The third-order valence-corrected chi connectivity index (χ3v) is 4.29. The lowest BCUT2D eigenvalue weighted by Gasteiger charge is -2.45. The monoisotopic (exact) mass is 380 g/mol. The molecule has 150 valence electrons. The van der Waals surface area contributed by atoms with Crippen molar-refractivity contribution in [3.63, 3.8) is 0 Å². The number of aliphatic hydroxyl groups excluding tert-OH is 7. The highest BCUT2D eigenvalue weighted by Gasteiger charge is 2.50. The van der Waals surface area contributed by atoms with E-state index in [2.05, 4.69) is 5.92 Å². The number of ether oxygens (including phenoxy) is 4. The molecule has 10 atom stereocenters. The van der Waals surface area contributed by atoms with Crippen LogP contribution >= 0.6 is 0 Å². The normalized spacial score (nSPS) is 46.7. The lowest BCUT2D eigenvalue weighted by atomic mass is 9.97. The number of hydrogen-bond acceptors (Lipinski definition) is 11. The Hall–Kier alpha value is -0.880. The van der Waals surface area contributed by atoms with E-state index in [0.29, 0.717) is 0 Å². The molecule has 0 amide bonds. The molecule has 0 spiro atoms. The first-order valence-corrected chi connectivity index (χ1v) is 7.99. The molecule has 11 heteroatoms. The minimum atomic E-state index is -1.72. The van der Waals surface area contributed by atoms with Crippen LogP contribution in [0.2, 0.25) is 0 Å². The van der Waals surface area contributed by atoms with Gasteiger partial charge in [-0.2, -0.15) is 0 Å². The molecule has 10 unspecified atom stereocenters. The lowest BCUT2D eigenvalue weighted by Crippen LogP contribution is -2.64. The quantitative estimate of drug-likeness (QED) is 0.220. The molecule has 2 fully saturated rings. The van der Waals surface area contributed by atoms with E-state index < -0.39 is 74.6 Å². The standard InChI is InChI=1S/C15H24O11/c1-2-3-23-14-12(22)10(20)13(7(5-17)25-14)26-15-11(21)9(19)8(18)6(4-16)24-15/h1,6-22H,3-5H2. The fourth-order valence-corrected chi connectivity index (χ4v) is 2.82. The van der Waals surface area contributed by atoms with Gasteiger partial charge in [0.05, 0.1) is 13.2 Å². The Kier molecular flexibility index (Phi) is 7.71. The zero-order valence-corrected chi connectivity index (χ0v) is 13.7. The second-order valence-corrected chi connectivity index (χ2v) is 6.02. The van der Waals surface area contributed by atoms with E-state index in [1.165, 1.54) is 0 Å². The molecule has 2 aliphatic rings. The molecule has 0 saturated carbocycles. The smallest absolute Gasteiger partial charge is 0.187 e. The van der Waals surface area contributed by atoms with Gasteiger partial charge < -0.3 is 54.7 Å². The van der Waals surface area contributed by atoms with Gasteiger partial charge in [0.1, 0.15) is 55.4 Å². The second-order valence-electron chi connectivity index (χ2n) is 6.02. The van der Waals surface area contributed by atoms with Crippen molar-refractivity contribution < 1.29 is 54.7 Å². The van der Waals surface area contributed by atoms with Crippen molar-refractivity contribution >= 4 is 0 Å². The Balaban J connectivity index is 2.10. The van der Waals surface area contributed by atoms with E-state index >= 15 is 0 Å². The van der Waals surface area contributed by atoms with E-state index in [0.717, 1.165) is 0 Å². The molecular formula is C15H24O11. The summed E-state index contributed by atoms with van der Waals surface area (Å²) in [5.41, 5.74) is 0. The van der Waals surface area contributed by atoms with Crippen LogP contribution < -0.4 is 0 Å². The minimum absolute atomic E-state index is 0.204. The van der Waals surface area contributed by atoms with E-state index in [4.69, 9.17) is 25.4 Å². The zero-order chi connectivity index (χ0) is 19.4. The Labute approximate surface area is 149 Å². The first-order valence-electron chi connectivity index (χ1n) is 7.99. The molecule has 0 aromatic heterocycles. The third kappa shape index (κ3) is 4.33. The van der Waals surface area contributed by atoms with Gasteiger partial charge in [0, 0.05) is 0 Å². The average Bonchev–Trinajstić information content (AvgIpc) is 2.64. The highest BCUT2D eigenvalue weighted by molar-refractivity contribution is 4.94. The summed E-state index contributed by atoms with van der Waals surface area (Å²) in [5, 5.41) is 68.5. The summed E-state index contributed by atoms with van der Waals surface area (Å²) in [4.78, 5) is 0. The summed E-state index contributed by atoms with van der Waals surface area (Å²) >= 11 is 0. The van der Waals surface area contributed by atoms with Crippen LogP contribution in [0.3, 0.4) is 0 Å². The fraction of sp³-hybridized carbons (Fsp3) is 0.867. The maximum atomic E-state index is 10.3.